The number of nitrogens with two attached hydrogens (primary N) is 1. The number of rotatable bonds is 5. The third-order valence-electron chi connectivity index (χ3n) is 3.15. The van der Waals surface area contributed by atoms with Gasteiger partial charge in [0.2, 0.25) is 0 Å². The molecule has 90 valence electrons. The molecule has 16 heavy (non-hydrogen) atoms. The zero-order valence-electron chi connectivity index (χ0n) is 10.8. The van der Waals surface area contributed by atoms with Crippen LogP contribution in [-0.2, 0) is 6.42 Å². The van der Waals surface area contributed by atoms with Gasteiger partial charge >= 0.3 is 0 Å². The zero-order valence-corrected chi connectivity index (χ0v) is 10.8. The minimum Gasteiger partial charge on any atom is -0.497 e. The molecular weight excluding hydrogens is 198 g/mol. The number of ether oxygens (including phenoxy) is 1. The summed E-state index contributed by atoms with van der Waals surface area (Å²) in [7, 11) is 1.70. The maximum absolute atomic E-state index is 6.05. The van der Waals surface area contributed by atoms with E-state index in [1.807, 2.05) is 6.07 Å². The Morgan fingerprint density at radius 1 is 1.31 bits per heavy atom. The Kier molecular flexibility index (Phi) is 4.81. The fourth-order valence-electron chi connectivity index (χ4n) is 1.73. The summed E-state index contributed by atoms with van der Waals surface area (Å²) in [5.74, 6) is 1.48. The highest BCUT2D eigenvalue weighted by atomic mass is 16.5. The highest BCUT2D eigenvalue weighted by molar-refractivity contribution is 5.34. The van der Waals surface area contributed by atoms with Crippen LogP contribution in [0.15, 0.2) is 18.2 Å². The SMILES string of the molecule is COc1ccc(CCC(N)C(C)C)c(C)c1. The molecule has 1 atom stereocenters. The Bertz CT molecular complexity index is 334. The second-order valence-corrected chi connectivity index (χ2v) is 4.74. The van der Waals surface area contributed by atoms with Gasteiger partial charge in [0.05, 0.1) is 7.11 Å². The minimum atomic E-state index is 0.293. The summed E-state index contributed by atoms with van der Waals surface area (Å²) < 4.78 is 5.19. The first-order valence-electron chi connectivity index (χ1n) is 5.93. The molecule has 0 aromatic heterocycles. The average molecular weight is 221 g/mol. The van der Waals surface area contributed by atoms with Gasteiger partial charge in [-0.15, -0.1) is 0 Å². The lowest BCUT2D eigenvalue weighted by Gasteiger charge is -2.16. The Morgan fingerprint density at radius 2 is 2.00 bits per heavy atom. The van der Waals surface area contributed by atoms with Crippen LogP contribution in [0.3, 0.4) is 0 Å². The van der Waals surface area contributed by atoms with Crippen molar-refractivity contribution in [3.05, 3.63) is 29.3 Å². The van der Waals surface area contributed by atoms with Crippen LogP contribution in [0.1, 0.15) is 31.4 Å². The summed E-state index contributed by atoms with van der Waals surface area (Å²) in [5, 5.41) is 0. The van der Waals surface area contributed by atoms with Crippen LogP contribution in [0.5, 0.6) is 5.75 Å². The number of methoxy groups -OCH3 is 1. The van der Waals surface area contributed by atoms with E-state index in [-0.39, 0.29) is 0 Å². The second kappa shape index (κ2) is 5.90. The molecule has 1 aromatic carbocycles. The standard InChI is InChI=1S/C14H23NO/c1-10(2)14(15)8-6-12-5-7-13(16-4)9-11(12)3/h5,7,9-10,14H,6,8,15H2,1-4H3. The molecule has 0 fully saturated rings. The molecule has 0 aliphatic rings. The highest BCUT2D eigenvalue weighted by Gasteiger charge is 2.08. The van der Waals surface area contributed by atoms with Gasteiger partial charge < -0.3 is 10.5 Å². The second-order valence-electron chi connectivity index (χ2n) is 4.74. The number of aryl methyl sites for hydroxylation is 2. The van der Waals surface area contributed by atoms with E-state index in [1.54, 1.807) is 7.11 Å². The zero-order chi connectivity index (χ0) is 12.1. The summed E-state index contributed by atoms with van der Waals surface area (Å²) in [6.07, 6.45) is 2.10. The van der Waals surface area contributed by atoms with Crippen molar-refractivity contribution >= 4 is 0 Å². The average Bonchev–Trinajstić information content (AvgIpc) is 2.26. The molecular formula is C14H23NO. The van der Waals surface area contributed by atoms with Gasteiger partial charge in [-0.3, -0.25) is 0 Å². The quantitative estimate of drug-likeness (QED) is 0.829. The minimum absolute atomic E-state index is 0.293. The molecule has 2 N–H and O–H groups in total. The molecule has 0 aliphatic carbocycles. The third kappa shape index (κ3) is 3.53. The van der Waals surface area contributed by atoms with E-state index in [0.717, 1.165) is 18.6 Å². The van der Waals surface area contributed by atoms with Crippen LogP contribution < -0.4 is 10.5 Å². The molecule has 0 saturated carbocycles. The fraction of sp³-hybridized carbons (Fsp3) is 0.571. The Morgan fingerprint density at radius 3 is 2.50 bits per heavy atom. The lowest BCUT2D eigenvalue weighted by Crippen LogP contribution is -2.26. The molecule has 0 radical (unpaired) electrons. The summed E-state index contributed by atoms with van der Waals surface area (Å²) in [6.45, 7) is 6.47. The summed E-state index contributed by atoms with van der Waals surface area (Å²) in [6, 6.07) is 6.53. The highest BCUT2D eigenvalue weighted by Crippen LogP contribution is 2.19. The van der Waals surface area contributed by atoms with Gasteiger partial charge in [-0.1, -0.05) is 19.9 Å². The molecule has 0 aliphatic heterocycles. The lowest BCUT2D eigenvalue weighted by atomic mass is 9.95. The van der Waals surface area contributed by atoms with Gasteiger partial charge in [-0.05, 0) is 48.9 Å². The molecule has 0 spiro atoms. The normalized spacial score (nSPS) is 12.9. The van der Waals surface area contributed by atoms with Crippen molar-refractivity contribution in [2.24, 2.45) is 11.7 Å². The van der Waals surface area contributed by atoms with Gasteiger partial charge in [0.25, 0.3) is 0 Å². The van der Waals surface area contributed by atoms with E-state index < -0.39 is 0 Å². The van der Waals surface area contributed by atoms with Crippen LogP contribution in [0.4, 0.5) is 0 Å². The maximum atomic E-state index is 6.05. The van der Waals surface area contributed by atoms with E-state index in [2.05, 4.69) is 32.9 Å². The van der Waals surface area contributed by atoms with Gasteiger partial charge in [-0.2, -0.15) is 0 Å². The molecule has 0 saturated heterocycles. The van der Waals surface area contributed by atoms with E-state index >= 15 is 0 Å². The van der Waals surface area contributed by atoms with E-state index in [1.165, 1.54) is 11.1 Å². The maximum Gasteiger partial charge on any atom is 0.119 e. The van der Waals surface area contributed by atoms with Crippen molar-refractivity contribution in [2.75, 3.05) is 7.11 Å². The van der Waals surface area contributed by atoms with Crippen molar-refractivity contribution in [1.29, 1.82) is 0 Å². The topological polar surface area (TPSA) is 35.2 Å². The smallest absolute Gasteiger partial charge is 0.119 e. The number of hydrogen-bond acceptors (Lipinski definition) is 2. The van der Waals surface area contributed by atoms with Crippen molar-refractivity contribution in [3.63, 3.8) is 0 Å². The predicted octanol–water partition coefficient (Wildman–Crippen LogP) is 2.92. The third-order valence-corrected chi connectivity index (χ3v) is 3.15. The summed E-state index contributed by atoms with van der Waals surface area (Å²) in [5.41, 5.74) is 8.71. The van der Waals surface area contributed by atoms with Crippen LogP contribution in [-0.4, -0.2) is 13.2 Å². The predicted molar refractivity (Wildman–Crippen MR) is 68.9 cm³/mol. The number of benzene rings is 1. The van der Waals surface area contributed by atoms with Crippen molar-refractivity contribution < 1.29 is 4.74 Å². The van der Waals surface area contributed by atoms with Gasteiger partial charge in [0, 0.05) is 6.04 Å². The van der Waals surface area contributed by atoms with Gasteiger partial charge in [0.15, 0.2) is 0 Å². The Balaban J connectivity index is 2.61. The molecule has 1 aromatic rings. The van der Waals surface area contributed by atoms with Crippen LogP contribution in [0.2, 0.25) is 0 Å². The fourth-order valence-corrected chi connectivity index (χ4v) is 1.73. The van der Waals surface area contributed by atoms with E-state index in [4.69, 9.17) is 10.5 Å². The first-order valence-corrected chi connectivity index (χ1v) is 5.93. The van der Waals surface area contributed by atoms with Crippen molar-refractivity contribution in [1.82, 2.24) is 0 Å². The molecule has 0 bridgehead atoms. The van der Waals surface area contributed by atoms with Crippen LogP contribution in [0.25, 0.3) is 0 Å². The largest absolute Gasteiger partial charge is 0.497 e. The lowest BCUT2D eigenvalue weighted by molar-refractivity contribution is 0.414. The number of hydrogen-bond donors (Lipinski definition) is 1. The molecule has 1 unspecified atom stereocenters. The first-order chi connectivity index (χ1) is 7.54. The van der Waals surface area contributed by atoms with Crippen LogP contribution >= 0.6 is 0 Å². The monoisotopic (exact) mass is 221 g/mol. The van der Waals surface area contributed by atoms with Gasteiger partial charge in [0.1, 0.15) is 5.75 Å². The Labute approximate surface area is 98.8 Å². The molecule has 2 nitrogen and oxygen atoms in total. The van der Waals surface area contributed by atoms with E-state index in [9.17, 15) is 0 Å². The molecule has 2 heteroatoms. The molecule has 0 amide bonds. The molecule has 0 heterocycles. The van der Waals surface area contributed by atoms with Crippen molar-refractivity contribution in [3.8, 4) is 5.75 Å². The Hall–Kier alpha value is -1.02. The summed E-state index contributed by atoms with van der Waals surface area (Å²) in [4.78, 5) is 0. The van der Waals surface area contributed by atoms with Crippen molar-refractivity contribution in [2.45, 2.75) is 39.7 Å². The van der Waals surface area contributed by atoms with Gasteiger partial charge in [-0.25, -0.2) is 0 Å². The van der Waals surface area contributed by atoms with Crippen LogP contribution in [0, 0.1) is 12.8 Å². The van der Waals surface area contributed by atoms with E-state index in [0.29, 0.717) is 12.0 Å². The summed E-state index contributed by atoms with van der Waals surface area (Å²) >= 11 is 0. The molecule has 1 rings (SSSR count). The first kappa shape index (κ1) is 13.0.